The minimum absolute atomic E-state index is 0.0192. The van der Waals surface area contributed by atoms with Gasteiger partial charge in [0, 0.05) is 63.7 Å². The lowest BCUT2D eigenvalue weighted by Crippen LogP contribution is -2.39. The Morgan fingerprint density at radius 2 is 1.14 bits per heavy atom. The van der Waals surface area contributed by atoms with Gasteiger partial charge in [-0.2, -0.15) is 19.2 Å². The van der Waals surface area contributed by atoms with Crippen LogP contribution >= 0.6 is 45.3 Å². The average Bonchev–Trinajstić information content (AvgIpc) is 4.07. The molecule has 6 heterocycles. The molecule has 0 bridgehead atoms. The number of rotatable bonds is 11. The Labute approximate surface area is 426 Å². The van der Waals surface area contributed by atoms with Gasteiger partial charge in [-0.1, -0.05) is 48.1 Å². The van der Waals surface area contributed by atoms with E-state index < -0.39 is 11.2 Å². The number of carbonyl (C=O) groups is 4. The summed E-state index contributed by atoms with van der Waals surface area (Å²) in [5.74, 6) is -0.273. The summed E-state index contributed by atoms with van der Waals surface area (Å²) >= 11 is 6.23. The van der Waals surface area contributed by atoms with Gasteiger partial charge < -0.3 is 41.0 Å². The van der Waals surface area contributed by atoms with Crippen LogP contribution in [-0.4, -0.2) is 99.0 Å². The molecule has 2 aliphatic heterocycles. The van der Waals surface area contributed by atoms with E-state index in [0.29, 0.717) is 64.1 Å². The van der Waals surface area contributed by atoms with Gasteiger partial charge in [0.15, 0.2) is 0 Å². The smallest absolute Gasteiger partial charge is 0.410 e. The van der Waals surface area contributed by atoms with Crippen molar-refractivity contribution in [1.82, 2.24) is 25.1 Å². The van der Waals surface area contributed by atoms with Gasteiger partial charge in [-0.05, 0) is 90.5 Å². The highest BCUT2D eigenvalue weighted by atomic mass is 32.1. The molecule has 384 valence electrons. The number of nitrogens with two attached hydrogens (primary N) is 1. The molecule has 0 aliphatic carbocycles. The SMILES string of the molecule is C=CC(=O)Nc1sc2c(c1-c1nc(CC)cs1)CCN(C(=O)OC(C)(C)C)C2.CC(C)N.CCc1csc(-c2c(NC(=O)CCNC(C)C)sc3c2CCN(C(=O)OC(C)(C)C)C3)n1.O=C=O.O=C=O. The number of aryl methyl sites for hydroxylation is 2. The Hall–Kier alpha value is -5.44. The Bertz CT molecular complexity index is 2410. The van der Waals surface area contributed by atoms with Gasteiger partial charge in [-0.3, -0.25) is 9.59 Å². The molecule has 2 aliphatic rings. The number of hydrogen-bond acceptors (Lipinski definition) is 18. The number of anilines is 2. The maximum absolute atomic E-state index is 12.6. The number of aromatic nitrogens is 2. The van der Waals surface area contributed by atoms with Crippen molar-refractivity contribution in [3.05, 3.63) is 55.7 Å². The van der Waals surface area contributed by atoms with Crippen molar-refractivity contribution in [2.24, 2.45) is 5.73 Å². The molecule has 0 aromatic carbocycles. The lowest BCUT2D eigenvalue weighted by atomic mass is 10.0. The maximum Gasteiger partial charge on any atom is 0.410 e. The highest BCUT2D eigenvalue weighted by Gasteiger charge is 2.33. The van der Waals surface area contributed by atoms with Gasteiger partial charge in [0.1, 0.15) is 31.2 Å². The average molecular weight is 1050 g/mol. The molecule has 0 fully saturated rings. The third-order valence-corrected chi connectivity index (χ3v) is 13.3. The number of carbonyl (C=O) groups excluding carboxylic acids is 8. The molecule has 0 radical (unpaired) electrons. The molecule has 4 aromatic heterocycles. The summed E-state index contributed by atoms with van der Waals surface area (Å²) in [5.41, 5.74) is 10.5. The molecule has 4 amide bonds. The van der Waals surface area contributed by atoms with E-state index in [9.17, 15) is 19.2 Å². The fraction of sp³-hybridized carbons (Fsp3) is 0.542. The number of thiazole rings is 2. The molecule has 4 aromatic rings. The molecule has 18 nitrogen and oxygen atoms in total. The number of nitrogens with zero attached hydrogens (tertiary/aromatic N) is 4. The first-order valence-electron chi connectivity index (χ1n) is 22.7. The molecule has 5 N–H and O–H groups in total. The van der Waals surface area contributed by atoms with Gasteiger partial charge >= 0.3 is 24.5 Å². The number of hydrogen-bond donors (Lipinski definition) is 4. The Kier molecular flexibility index (Phi) is 25.2. The van der Waals surface area contributed by atoms with E-state index in [1.165, 1.54) is 23.0 Å². The minimum atomic E-state index is -0.529. The highest BCUT2D eigenvalue weighted by molar-refractivity contribution is 7.19. The molecular weight excluding hydrogens is 977 g/mol. The minimum Gasteiger partial charge on any atom is -0.444 e. The summed E-state index contributed by atoms with van der Waals surface area (Å²) in [5, 5.41) is 16.9. The van der Waals surface area contributed by atoms with E-state index in [-0.39, 0.29) is 36.3 Å². The second kappa shape index (κ2) is 29.0. The quantitative estimate of drug-likeness (QED) is 0.102. The largest absolute Gasteiger partial charge is 0.444 e. The van der Waals surface area contributed by atoms with Gasteiger partial charge in [-0.15, -0.1) is 45.3 Å². The zero-order valence-corrected chi connectivity index (χ0v) is 45.5. The van der Waals surface area contributed by atoms with Crippen LogP contribution in [0.3, 0.4) is 0 Å². The molecule has 70 heavy (non-hydrogen) atoms. The highest BCUT2D eigenvalue weighted by Crippen LogP contribution is 2.46. The van der Waals surface area contributed by atoms with Crippen LogP contribution in [0.15, 0.2) is 23.4 Å². The van der Waals surface area contributed by atoms with Crippen LogP contribution in [0.1, 0.15) is 122 Å². The van der Waals surface area contributed by atoms with E-state index in [2.05, 4.69) is 55.6 Å². The number of amides is 4. The third kappa shape index (κ3) is 20.1. The van der Waals surface area contributed by atoms with E-state index in [1.54, 1.807) is 43.8 Å². The zero-order valence-electron chi connectivity index (χ0n) is 42.2. The fourth-order valence-corrected chi connectivity index (χ4v) is 11.0. The molecule has 6 rings (SSSR count). The fourth-order valence-electron chi connectivity index (χ4n) is 6.40. The van der Waals surface area contributed by atoms with E-state index in [4.69, 9.17) is 44.4 Å². The summed E-state index contributed by atoms with van der Waals surface area (Å²) in [4.78, 5) is 97.3. The van der Waals surface area contributed by atoms with Crippen molar-refractivity contribution in [3.8, 4) is 21.1 Å². The zero-order chi connectivity index (χ0) is 52.9. The van der Waals surface area contributed by atoms with Gasteiger partial charge in [0.05, 0.1) is 24.5 Å². The molecule has 22 heteroatoms. The first-order chi connectivity index (χ1) is 32.8. The number of nitrogens with one attached hydrogen (secondary N) is 3. The Morgan fingerprint density at radius 1 is 0.757 bits per heavy atom. The lowest BCUT2D eigenvalue weighted by Gasteiger charge is -2.30. The maximum atomic E-state index is 12.6. The van der Waals surface area contributed by atoms with Crippen molar-refractivity contribution in [2.75, 3.05) is 30.3 Å². The Morgan fingerprint density at radius 3 is 1.47 bits per heavy atom. The van der Waals surface area contributed by atoms with Crippen molar-refractivity contribution in [1.29, 1.82) is 0 Å². The predicted molar refractivity (Wildman–Crippen MR) is 275 cm³/mol. The van der Waals surface area contributed by atoms with E-state index >= 15 is 0 Å². The van der Waals surface area contributed by atoms with Crippen LogP contribution in [0, 0.1) is 0 Å². The third-order valence-electron chi connectivity index (χ3n) is 9.25. The van der Waals surface area contributed by atoms with Crippen molar-refractivity contribution >= 4 is 91.7 Å². The first kappa shape index (κ1) is 60.7. The first-order valence-corrected chi connectivity index (χ1v) is 26.1. The molecule has 0 spiro atoms. The van der Waals surface area contributed by atoms with Crippen LogP contribution in [0.4, 0.5) is 19.6 Å². The molecular formula is C48H68N8O10S4. The van der Waals surface area contributed by atoms with Crippen LogP contribution in [0.5, 0.6) is 0 Å². The number of ether oxygens (including phenoxy) is 2. The van der Waals surface area contributed by atoms with Crippen molar-refractivity contribution in [3.63, 3.8) is 0 Å². The standard InChI is InChI=1S/C23H34N4O3S2.C20H25N3O3S2.C3H9N.2CO2/c1-7-15-13-31-20(25-15)19-16-9-11-27(22(29)30-23(4,5)6)12-17(16)32-21(19)26-18(28)8-10-24-14(2)3;1-6-12-11-27-17(21-12)16-13-8-9-23(19(25)26-20(3,4)5)10-14(13)28-18(16)22-15(24)7-2;1-3(2)4;2*2-1-3/h13-14,24H,7-12H2,1-6H3,(H,26,28);7,11H,2,6,8-10H2,1,3-5H3,(H,22,24);3H,4H2,1-2H3;;. The van der Waals surface area contributed by atoms with Gasteiger partial charge in [0.25, 0.3) is 0 Å². The summed E-state index contributed by atoms with van der Waals surface area (Å²) in [6.45, 7) is 29.7. The summed E-state index contributed by atoms with van der Waals surface area (Å²) in [6.07, 6.45) is 4.70. The molecule has 0 atom stereocenters. The predicted octanol–water partition coefficient (Wildman–Crippen LogP) is 9.09. The topological polar surface area (TPSA) is 249 Å². The number of thiophene rings is 2. The van der Waals surface area contributed by atoms with Crippen LogP contribution in [0.25, 0.3) is 21.1 Å². The summed E-state index contributed by atoms with van der Waals surface area (Å²) in [6, 6.07) is 0.675. The molecule has 0 unspecified atom stereocenters. The van der Waals surface area contributed by atoms with Crippen LogP contribution < -0.4 is 21.7 Å². The summed E-state index contributed by atoms with van der Waals surface area (Å²) < 4.78 is 11.1. The molecule has 0 saturated heterocycles. The molecule has 0 saturated carbocycles. The van der Waals surface area contributed by atoms with Gasteiger partial charge in [-0.25, -0.2) is 19.6 Å². The lowest BCUT2D eigenvalue weighted by molar-refractivity contribution is -0.193. The summed E-state index contributed by atoms with van der Waals surface area (Å²) in [7, 11) is 0. The normalized spacial score (nSPS) is 12.6. The second-order valence-electron chi connectivity index (χ2n) is 18.2. The second-order valence-corrected chi connectivity index (χ2v) is 22.2. The van der Waals surface area contributed by atoms with Gasteiger partial charge in [0.2, 0.25) is 11.8 Å². The van der Waals surface area contributed by atoms with Crippen molar-refractivity contribution in [2.45, 2.75) is 152 Å². The van der Waals surface area contributed by atoms with E-state index in [0.717, 1.165) is 70.7 Å². The van der Waals surface area contributed by atoms with Crippen molar-refractivity contribution < 1.29 is 47.8 Å². The number of fused-ring (bicyclic) bond motifs is 2. The van der Waals surface area contributed by atoms with E-state index in [1.807, 2.05) is 60.8 Å². The Balaban J connectivity index is 0.000000406. The monoisotopic (exact) mass is 1040 g/mol. The van der Waals surface area contributed by atoms with Crippen LogP contribution in [-0.2, 0) is 77.0 Å². The van der Waals surface area contributed by atoms with Crippen LogP contribution in [0.2, 0.25) is 0 Å².